The second kappa shape index (κ2) is 5.56. The van der Waals surface area contributed by atoms with Crippen LogP contribution in [0.4, 0.5) is 0 Å². The third kappa shape index (κ3) is 2.86. The van der Waals surface area contributed by atoms with Crippen molar-refractivity contribution in [2.45, 2.75) is 45.1 Å². The molecule has 0 spiro atoms. The van der Waals surface area contributed by atoms with Gasteiger partial charge in [-0.05, 0) is 61.8 Å². The second-order valence-electron chi connectivity index (χ2n) is 5.58. The maximum absolute atomic E-state index is 4.81. The topological polar surface area (TPSA) is 12.4 Å². The van der Waals surface area contributed by atoms with Gasteiger partial charge in [-0.25, -0.2) is 0 Å². The van der Waals surface area contributed by atoms with Crippen molar-refractivity contribution in [2.24, 2.45) is 4.99 Å². The van der Waals surface area contributed by atoms with E-state index in [-0.39, 0.29) is 0 Å². The van der Waals surface area contributed by atoms with E-state index < -0.39 is 0 Å². The first-order chi connectivity index (χ1) is 9.33. The second-order valence-corrected chi connectivity index (χ2v) is 5.58. The number of rotatable bonds is 2. The highest BCUT2D eigenvalue weighted by atomic mass is 14.8. The van der Waals surface area contributed by atoms with E-state index in [1.165, 1.54) is 36.8 Å². The zero-order valence-electron chi connectivity index (χ0n) is 11.6. The molecule has 3 rings (SSSR count). The van der Waals surface area contributed by atoms with Crippen LogP contribution in [0.1, 0.15) is 44.6 Å². The molecular formula is C18H21N. The number of aliphatic imine (C=N–C) groups is 1. The van der Waals surface area contributed by atoms with Crippen LogP contribution in [0.2, 0.25) is 0 Å². The van der Waals surface area contributed by atoms with E-state index in [4.69, 9.17) is 4.99 Å². The van der Waals surface area contributed by atoms with Gasteiger partial charge in [-0.15, -0.1) is 0 Å². The highest BCUT2D eigenvalue weighted by Crippen LogP contribution is 2.30. The highest BCUT2D eigenvalue weighted by molar-refractivity contribution is 6.10. The van der Waals surface area contributed by atoms with Crippen molar-refractivity contribution in [1.82, 2.24) is 0 Å². The van der Waals surface area contributed by atoms with Gasteiger partial charge in [0.25, 0.3) is 0 Å². The maximum Gasteiger partial charge on any atom is 0.0652 e. The molecule has 0 amide bonds. The number of hydrogen-bond acceptors (Lipinski definition) is 1. The van der Waals surface area contributed by atoms with Gasteiger partial charge in [0.1, 0.15) is 0 Å². The Bertz CT molecular complexity index is 534. The van der Waals surface area contributed by atoms with Crippen LogP contribution >= 0.6 is 0 Å². The molecule has 1 aromatic carbocycles. The number of allylic oxidation sites excluding steroid dienone is 3. The number of hydrogen-bond donors (Lipinski definition) is 0. The SMILES string of the molecule is CC1CC(C2=CCCCC2)=CC(c2ccccc2)=N1. The summed E-state index contributed by atoms with van der Waals surface area (Å²) in [7, 11) is 0. The van der Waals surface area contributed by atoms with Crippen molar-refractivity contribution in [3.8, 4) is 0 Å². The van der Waals surface area contributed by atoms with Crippen molar-refractivity contribution >= 4 is 5.71 Å². The maximum atomic E-state index is 4.81. The van der Waals surface area contributed by atoms with Gasteiger partial charge in [0.2, 0.25) is 0 Å². The van der Waals surface area contributed by atoms with Gasteiger partial charge in [-0.3, -0.25) is 4.99 Å². The minimum atomic E-state index is 0.401. The molecule has 1 atom stereocenters. The number of nitrogens with zero attached hydrogens (tertiary/aromatic N) is 1. The smallest absolute Gasteiger partial charge is 0.0652 e. The van der Waals surface area contributed by atoms with Crippen LogP contribution in [0.25, 0.3) is 0 Å². The lowest BCUT2D eigenvalue weighted by Gasteiger charge is -2.22. The van der Waals surface area contributed by atoms with E-state index in [1.807, 2.05) is 0 Å². The van der Waals surface area contributed by atoms with Crippen molar-refractivity contribution in [2.75, 3.05) is 0 Å². The Morgan fingerprint density at radius 1 is 1.05 bits per heavy atom. The van der Waals surface area contributed by atoms with E-state index >= 15 is 0 Å². The van der Waals surface area contributed by atoms with Crippen molar-refractivity contribution < 1.29 is 0 Å². The predicted octanol–water partition coefficient (Wildman–Crippen LogP) is 4.69. The zero-order valence-corrected chi connectivity index (χ0v) is 11.6. The van der Waals surface area contributed by atoms with E-state index in [0.717, 1.165) is 12.1 Å². The Balaban J connectivity index is 1.92. The summed E-state index contributed by atoms with van der Waals surface area (Å²) in [4.78, 5) is 4.81. The minimum Gasteiger partial charge on any atom is -0.281 e. The molecule has 1 aromatic rings. The van der Waals surface area contributed by atoms with Gasteiger partial charge in [-0.2, -0.15) is 0 Å². The molecule has 1 nitrogen and oxygen atoms in total. The van der Waals surface area contributed by atoms with Crippen LogP contribution in [0.5, 0.6) is 0 Å². The molecule has 0 saturated heterocycles. The molecule has 0 aromatic heterocycles. The van der Waals surface area contributed by atoms with Crippen molar-refractivity contribution in [3.63, 3.8) is 0 Å². The van der Waals surface area contributed by atoms with Crippen LogP contribution < -0.4 is 0 Å². The van der Waals surface area contributed by atoms with Crippen LogP contribution in [-0.2, 0) is 0 Å². The van der Waals surface area contributed by atoms with Gasteiger partial charge in [0, 0.05) is 0 Å². The number of dihydropyridines is 1. The van der Waals surface area contributed by atoms with Crippen LogP contribution in [-0.4, -0.2) is 11.8 Å². The summed E-state index contributed by atoms with van der Waals surface area (Å²) in [6.45, 7) is 2.22. The minimum absolute atomic E-state index is 0.401. The summed E-state index contributed by atoms with van der Waals surface area (Å²) < 4.78 is 0. The summed E-state index contributed by atoms with van der Waals surface area (Å²) >= 11 is 0. The van der Waals surface area contributed by atoms with Gasteiger partial charge in [0.15, 0.2) is 0 Å². The fraction of sp³-hybridized carbons (Fsp3) is 0.389. The Morgan fingerprint density at radius 2 is 1.89 bits per heavy atom. The molecule has 1 heteroatoms. The Kier molecular flexibility index (Phi) is 3.63. The Labute approximate surface area is 115 Å². The van der Waals surface area contributed by atoms with Gasteiger partial charge < -0.3 is 0 Å². The van der Waals surface area contributed by atoms with Crippen LogP contribution in [0, 0.1) is 0 Å². The lowest BCUT2D eigenvalue weighted by atomic mass is 9.87. The summed E-state index contributed by atoms with van der Waals surface area (Å²) in [5.74, 6) is 0. The van der Waals surface area contributed by atoms with E-state index in [1.54, 1.807) is 5.57 Å². The molecular weight excluding hydrogens is 230 g/mol. The van der Waals surface area contributed by atoms with Gasteiger partial charge in [0.05, 0.1) is 11.8 Å². The van der Waals surface area contributed by atoms with Crippen molar-refractivity contribution in [1.29, 1.82) is 0 Å². The normalized spacial score (nSPS) is 23.4. The largest absolute Gasteiger partial charge is 0.281 e. The monoisotopic (exact) mass is 251 g/mol. The predicted molar refractivity (Wildman–Crippen MR) is 81.7 cm³/mol. The van der Waals surface area contributed by atoms with Gasteiger partial charge in [-0.1, -0.05) is 36.4 Å². The lowest BCUT2D eigenvalue weighted by molar-refractivity contribution is 0.675. The quantitative estimate of drug-likeness (QED) is 0.722. The molecule has 0 fully saturated rings. The van der Waals surface area contributed by atoms with E-state index in [0.29, 0.717) is 6.04 Å². The Morgan fingerprint density at radius 3 is 2.63 bits per heavy atom. The van der Waals surface area contributed by atoms with Crippen LogP contribution in [0.15, 0.2) is 58.6 Å². The van der Waals surface area contributed by atoms with Crippen molar-refractivity contribution in [3.05, 3.63) is 59.2 Å². The molecule has 98 valence electrons. The summed E-state index contributed by atoms with van der Waals surface area (Å²) in [5.41, 5.74) is 5.48. The van der Waals surface area contributed by atoms with E-state index in [9.17, 15) is 0 Å². The average Bonchev–Trinajstić information content (AvgIpc) is 2.48. The molecule has 2 aliphatic rings. The first-order valence-electron chi connectivity index (χ1n) is 7.36. The first-order valence-corrected chi connectivity index (χ1v) is 7.36. The third-order valence-corrected chi connectivity index (χ3v) is 3.96. The fourth-order valence-corrected chi connectivity index (χ4v) is 2.98. The molecule has 1 unspecified atom stereocenters. The zero-order chi connectivity index (χ0) is 13.1. The Hall–Kier alpha value is -1.63. The van der Waals surface area contributed by atoms with E-state index in [2.05, 4.69) is 49.4 Å². The van der Waals surface area contributed by atoms with Crippen LogP contribution in [0.3, 0.4) is 0 Å². The molecule has 0 bridgehead atoms. The standard InChI is InChI=1S/C18H21N/c1-14-12-17(15-8-4-2-5-9-15)13-18(19-14)16-10-6-3-7-11-16/h3,6-8,10-11,13-14H,2,4-5,9,12H2,1H3. The third-order valence-electron chi connectivity index (χ3n) is 3.96. The molecule has 19 heavy (non-hydrogen) atoms. The summed E-state index contributed by atoms with van der Waals surface area (Å²) in [5, 5.41) is 0. The molecule has 0 radical (unpaired) electrons. The fourth-order valence-electron chi connectivity index (χ4n) is 2.98. The number of benzene rings is 1. The summed E-state index contributed by atoms with van der Waals surface area (Å²) in [6, 6.07) is 10.9. The average molecular weight is 251 g/mol. The highest BCUT2D eigenvalue weighted by Gasteiger charge is 2.17. The molecule has 1 aliphatic heterocycles. The first kappa shape index (κ1) is 12.4. The van der Waals surface area contributed by atoms with Gasteiger partial charge >= 0.3 is 0 Å². The molecule has 1 heterocycles. The molecule has 0 N–H and O–H groups in total. The molecule has 0 saturated carbocycles. The molecule has 1 aliphatic carbocycles. The summed E-state index contributed by atoms with van der Waals surface area (Å²) in [6.07, 6.45) is 11.0. The lowest BCUT2D eigenvalue weighted by Crippen LogP contribution is -2.14.